The van der Waals surface area contributed by atoms with Crippen molar-refractivity contribution in [3.63, 3.8) is 0 Å². The van der Waals surface area contributed by atoms with Gasteiger partial charge in [-0.25, -0.2) is 0 Å². The highest BCUT2D eigenvalue weighted by molar-refractivity contribution is 4.80. The van der Waals surface area contributed by atoms with Gasteiger partial charge in [-0.05, 0) is 19.9 Å². The highest BCUT2D eigenvalue weighted by atomic mass is 16.3. The van der Waals surface area contributed by atoms with E-state index in [-0.39, 0.29) is 18.6 Å². The van der Waals surface area contributed by atoms with Gasteiger partial charge in [0.15, 0.2) is 0 Å². The molecule has 4 heteroatoms. The minimum Gasteiger partial charge on any atom is -0.396 e. The number of β-amino-alcohol motifs (C(OH)–C–C–N with tert-alkyl or cyclic N) is 2. The van der Waals surface area contributed by atoms with Crippen LogP contribution in [0, 0.1) is 5.92 Å². The van der Waals surface area contributed by atoms with Crippen molar-refractivity contribution in [1.82, 2.24) is 4.90 Å². The standard InChI is InChI=1S/C9H19NO3/c1-7(12)4-10-3-2-8(6-11)9(13)5-10/h7-9,11-13H,2-6H2,1H3. The summed E-state index contributed by atoms with van der Waals surface area (Å²) in [5.74, 6) is 0.0187. The zero-order valence-corrected chi connectivity index (χ0v) is 8.06. The van der Waals surface area contributed by atoms with Crippen LogP contribution < -0.4 is 0 Å². The minimum atomic E-state index is -0.447. The van der Waals surface area contributed by atoms with Crippen molar-refractivity contribution >= 4 is 0 Å². The average Bonchev–Trinajstić information content (AvgIpc) is 2.03. The van der Waals surface area contributed by atoms with Crippen LogP contribution in [-0.4, -0.2) is 58.7 Å². The van der Waals surface area contributed by atoms with Gasteiger partial charge < -0.3 is 15.3 Å². The Hall–Kier alpha value is -0.160. The molecule has 0 aromatic rings. The molecule has 0 aromatic heterocycles. The molecule has 4 nitrogen and oxygen atoms in total. The molecular formula is C9H19NO3. The van der Waals surface area contributed by atoms with E-state index in [0.29, 0.717) is 13.1 Å². The number of likely N-dealkylation sites (tertiary alicyclic amines) is 1. The van der Waals surface area contributed by atoms with Gasteiger partial charge in [0.2, 0.25) is 0 Å². The van der Waals surface area contributed by atoms with Crippen molar-refractivity contribution < 1.29 is 15.3 Å². The Balaban J connectivity index is 2.32. The second-order valence-corrected chi connectivity index (χ2v) is 3.91. The summed E-state index contributed by atoms with van der Waals surface area (Å²) < 4.78 is 0. The van der Waals surface area contributed by atoms with Gasteiger partial charge in [0.05, 0.1) is 12.2 Å². The van der Waals surface area contributed by atoms with Crippen LogP contribution in [0.3, 0.4) is 0 Å². The number of aliphatic hydroxyl groups excluding tert-OH is 3. The van der Waals surface area contributed by atoms with E-state index in [4.69, 9.17) is 10.2 Å². The maximum Gasteiger partial charge on any atom is 0.0717 e. The Morgan fingerprint density at radius 1 is 1.54 bits per heavy atom. The van der Waals surface area contributed by atoms with Gasteiger partial charge >= 0.3 is 0 Å². The van der Waals surface area contributed by atoms with Gasteiger partial charge in [-0.2, -0.15) is 0 Å². The second-order valence-electron chi connectivity index (χ2n) is 3.91. The van der Waals surface area contributed by atoms with Crippen LogP contribution in [-0.2, 0) is 0 Å². The molecule has 1 heterocycles. The Morgan fingerprint density at radius 2 is 2.23 bits per heavy atom. The van der Waals surface area contributed by atoms with Crippen LogP contribution in [0.15, 0.2) is 0 Å². The van der Waals surface area contributed by atoms with Crippen molar-refractivity contribution in [3.8, 4) is 0 Å². The summed E-state index contributed by atoms with van der Waals surface area (Å²) in [5, 5.41) is 27.6. The Morgan fingerprint density at radius 3 is 2.69 bits per heavy atom. The van der Waals surface area contributed by atoms with E-state index in [0.717, 1.165) is 13.0 Å². The molecule has 0 amide bonds. The number of hydrogen-bond acceptors (Lipinski definition) is 4. The maximum absolute atomic E-state index is 9.57. The molecule has 1 aliphatic rings. The fraction of sp³-hybridized carbons (Fsp3) is 1.00. The molecule has 3 unspecified atom stereocenters. The van der Waals surface area contributed by atoms with Crippen molar-refractivity contribution in [2.45, 2.75) is 25.6 Å². The number of aliphatic hydroxyl groups is 3. The Kier molecular flexibility index (Phi) is 4.12. The van der Waals surface area contributed by atoms with Crippen LogP contribution in [0.4, 0.5) is 0 Å². The molecule has 1 fully saturated rings. The molecule has 3 atom stereocenters. The van der Waals surface area contributed by atoms with Crippen LogP contribution >= 0.6 is 0 Å². The fourth-order valence-corrected chi connectivity index (χ4v) is 1.80. The molecule has 78 valence electrons. The Labute approximate surface area is 78.8 Å². The first-order valence-corrected chi connectivity index (χ1v) is 4.82. The predicted molar refractivity (Wildman–Crippen MR) is 49.3 cm³/mol. The van der Waals surface area contributed by atoms with Gasteiger partial charge in [-0.1, -0.05) is 0 Å². The molecular weight excluding hydrogens is 170 g/mol. The first-order chi connectivity index (χ1) is 6.13. The summed E-state index contributed by atoms with van der Waals surface area (Å²) in [6, 6.07) is 0. The lowest BCUT2D eigenvalue weighted by atomic mass is 9.95. The highest BCUT2D eigenvalue weighted by Gasteiger charge is 2.27. The van der Waals surface area contributed by atoms with E-state index in [1.165, 1.54) is 0 Å². The predicted octanol–water partition coefficient (Wildman–Crippen LogP) is -0.958. The van der Waals surface area contributed by atoms with Crippen LogP contribution in [0.5, 0.6) is 0 Å². The summed E-state index contributed by atoms with van der Waals surface area (Å²) >= 11 is 0. The molecule has 0 radical (unpaired) electrons. The number of piperidine rings is 1. The van der Waals surface area contributed by atoms with Crippen molar-refractivity contribution in [2.75, 3.05) is 26.2 Å². The third-order valence-electron chi connectivity index (χ3n) is 2.56. The molecule has 0 aromatic carbocycles. The van der Waals surface area contributed by atoms with Gasteiger partial charge in [0, 0.05) is 25.6 Å². The Bertz CT molecular complexity index is 152. The molecule has 0 saturated carbocycles. The topological polar surface area (TPSA) is 63.9 Å². The maximum atomic E-state index is 9.57. The average molecular weight is 189 g/mol. The summed E-state index contributed by atoms with van der Waals surface area (Å²) in [4.78, 5) is 2.03. The molecule has 1 aliphatic heterocycles. The van der Waals surface area contributed by atoms with E-state index in [1.807, 2.05) is 4.90 Å². The lowest BCUT2D eigenvalue weighted by molar-refractivity contribution is -0.0132. The summed E-state index contributed by atoms with van der Waals surface area (Å²) in [7, 11) is 0. The third kappa shape index (κ3) is 3.23. The highest BCUT2D eigenvalue weighted by Crippen LogP contribution is 2.17. The van der Waals surface area contributed by atoms with E-state index < -0.39 is 6.10 Å². The number of nitrogens with zero attached hydrogens (tertiary/aromatic N) is 1. The lowest BCUT2D eigenvalue weighted by Crippen LogP contribution is -2.47. The van der Waals surface area contributed by atoms with Gasteiger partial charge in [-0.3, -0.25) is 4.90 Å². The van der Waals surface area contributed by atoms with Gasteiger partial charge in [0.25, 0.3) is 0 Å². The largest absolute Gasteiger partial charge is 0.396 e. The van der Waals surface area contributed by atoms with E-state index in [9.17, 15) is 5.11 Å². The zero-order chi connectivity index (χ0) is 9.84. The van der Waals surface area contributed by atoms with Crippen molar-refractivity contribution in [3.05, 3.63) is 0 Å². The quantitative estimate of drug-likeness (QED) is 0.535. The summed E-state index contributed by atoms with van der Waals surface area (Å²) in [6.07, 6.45) is 0.0140. The van der Waals surface area contributed by atoms with Crippen molar-refractivity contribution in [1.29, 1.82) is 0 Å². The van der Waals surface area contributed by atoms with Gasteiger partial charge in [0.1, 0.15) is 0 Å². The monoisotopic (exact) mass is 189 g/mol. The van der Waals surface area contributed by atoms with Crippen LogP contribution in [0.1, 0.15) is 13.3 Å². The third-order valence-corrected chi connectivity index (χ3v) is 2.56. The minimum absolute atomic E-state index is 0.0187. The molecule has 0 aliphatic carbocycles. The fourth-order valence-electron chi connectivity index (χ4n) is 1.80. The smallest absolute Gasteiger partial charge is 0.0717 e. The molecule has 0 bridgehead atoms. The van der Waals surface area contributed by atoms with Crippen LogP contribution in [0.2, 0.25) is 0 Å². The number of rotatable bonds is 3. The van der Waals surface area contributed by atoms with E-state index >= 15 is 0 Å². The normalized spacial score (nSPS) is 33.2. The van der Waals surface area contributed by atoms with E-state index in [2.05, 4.69) is 0 Å². The molecule has 1 rings (SSSR count). The molecule has 13 heavy (non-hydrogen) atoms. The molecule has 1 saturated heterocycles. The van der Waals surface area contributed by atoms with E-state index in [1.54, 1.807) is 6.92 Å². The second kappa shape index (κ2) is 4.91. The van der Waals surface area contributed by atoms with Crippen LogP contribution in [0.25, 0.3) is 0 Å². The van der Waals surface area contributed by atoms with Gasteiger partial charge in [-0.15, -0.1) is 0 Å². The zero-order valence-electron chi connectivity index (χ0n) is 8.06. The van der Waals surface area contributed by atoms with Crippen molar-refractivity contribution in [2.24, 2.45) is 5.92 Å². The lowest BCUT2D eigenvalue weighted by Gasteiger charge is -2.35. The first kappa shape index (κ1) is 10.9. The summed E-state index contributed by atoms with van der Waals surface area (Å²) in [5.41, 5.74) is 0. The molecule has 3 N–H and O–H groups in total. The first-order valence-electron chi connectivity index (χ1n) is 4.82. The number of hydrogen-bond donors (Lipinski definition) is 3. The molecule has 0 spiro atoms. The summed E-state index contributed by atoms with van der Waals surface area (Å²) in [6.45, 7) is 3.83. The SMILES string of the molecule is CC(O)CN1CCC(CO)C(O)C1.